The van der Waals surface area contributed by atoms with E-state index in [2.05, 4.69) is 69.4 Å². The van der Waals surface area contributed by atoms with Gasteiger partial charge in [0.1, 0.15) is 13.2 Å². The maximum absolute atomic E-state index is 12.7. The van der Waals surface area contributed by atoms with E-state index in [1.807, 2.05) is 12.2 Å². The van der Waals surface area contributed by atoms with E-state index in [9.17, 15) is 14.4 Å². The summed E-state index contributed by atoms with van der Waals surface area (Å²) in [4.78, 5) is 37.7. The molecule has 0 heterocycles. The van der Waals surface area contributed by atoms with E-state index in [4.69, 9.17) is 14.2 Å². The van der Waals surface area contributed by atoms with Crippen LogP contribution in [0.25, 0.3) is 0 Å². The molecular formula is C49H84O6. The first kappa shape index (κ1) is 52.1. The van der Waals surface area contributed by atoms with Crippen LogP contribution in [0.15, 0.2) is 60.8 Å². The van der Waals surface area contributed by atoms with Crippen LogP contribution in [0, 0.1) is 0 Å². The molecular weight excluding hydrogens is 685 g/mol. The number of esters is 3. The van der Waals surface area contributed by atoms with Gasteiger partial charge in [0.15, 0.2) is 6.10 Å². The highest BCUT2D eigenvalue weighted by atomic mass is 16.6. The quantitative estimate of drug-likeness (QED) is 0.0267. The average Bonchev–Trinajstić information content (AvgIpc) is 3.18. The molecule has 0 saturated carbocycles. The molecule has 0 aromatic carbocycles. The van der Waals surface area contributed by atoms with Crippen molar-refractivity contribution < 1.29 is 28.6 Å². The fourth-order valence-electron chi connectivity index (χ4n) is 6.10. The molecule has 0 spiro atoms. The summed E-state index contributed by atoms with van der Waals surface area (Å²) in [6.07, 6.45) is 52.1. The second-order valence-corrected chi connectivity index (χ2v) is 14.9. The molecule has 55 heavy (non-hydrogen) atoms. The van der Waals surface area contributed by atoms with Crippen molar-refractivity contribution in [3.8, 4) is 0 Å². The highest BCUT2D eigenvalue weighted by Gasteiger charge is 2.19. The smallest absolute Gasteiger partial charge is 0.306 e. The van der Waals surface area contributed by atoms with Crippen LogP contribution < -0.4 is 0 Å². The van der Waals surface area contributed by atoms with Crippen LogP contribution in [0.1, 0.15) is 213 Å². The minimum Gasteiger partial charge on any atom is -0.462 e. The van der Waals surface area contributed by atoms with Crippen molar-refractivity contribution >= 4 is 17.9 Å². The third-order valence-corrected chi connectivity index (χ3v) is 9.52. The molecule has 1 atom stereocenters. The Kier molecular flexibility index (Phi) is 41.5. The number of hydrogen-bond donors (Lipinski definition) is 0. The maximum Gasteiger partial charge on any atom is 0.306 e. The molecule has 6 heteroatoms. The zero-order chi connectivity index (χ0) is 40.1. The van der Waals surface area contributed by atoms with Crippen LogP contribution in [0.5, 0.6) is 0 Å². The summed E-state index contributed by atoms with van der Waals surface area (Å²) in [5.74, 6) is -1.000. The lowest BCUT2D eigenvalue weighted by atomic mass is 10.1. The molecule has 0 aliphatic carbocycles. The number of unbranched alkanes of at least 4 members (excludes halogenated alkanes) is 19. The first-order valence-electron chi connectivity index (χ1n) is 22.8. The molecule has 0 bridgehead atoms. The third kappa shape index (κ3) is 42.1. The van der Waals surface area contributed by atoms with Crippen molar-refractivity contribution in [2.75, 3.05) is 13.2 Å². The SMILES string of the molecule is CC/C=C\C/C=C\C/C=C\C/C=C\CCC(=O)OC(COC(=O)CCCCCCC/C=C\CCCCCCC)COC(=O)CCCCCCCCCCCC. The standard InChI is InChI=1S/C49H84O6/c1-4-7-10-13-16-19-22-24-26-27-30-33-36-39-42-48(51)54-45-46(44-53-47(50)41-38-35-32-29-21-18-15-12-9-6-3)55-49(52)43-40-37-34-31-28-25-23-20-17-14-11-8-5-2/h8,11,17,20,22,24-25,28,34,37,46H,4-7,9-10,12-16,18-19,21,23,26-27,29-33,35-36,38-45H2,1-3H3/b11-8-,20-17-,24-22-,28-25-,37-34-. The Morgan fingerprint density at radius 3 is 1.18 bits per heavy atom. The normalized spacial score (nSPS) is 12.6. The van der Waals surface area contributed by atoms with Crippen LogP contribution >= 0.6 is 0 Å². The van der Waals surface area contributed by atoms with E-state index in [0.29, 0.717) is 19.3 Å². The van der Waals surface area contributed by atoms with Gasteiger partial charge >= 0.3 is 17.9 Å². The Bertz CT molecular complexity index is 1020. The maximum atomic E-state index is 12.7. The molecule has 0 radical (unpaired) electrons. The first-order chi connectivity index (χ1) is 27.0. The lowest BCUT2D eigenvalue weighted by molar-refractivity contribution is -0.166. The van der Waals surface area contributed by atoms with Gasteiger partial charge in [-0.05, 0) is 70.6 Å². The lowest BCUT2D eigenvalue weighted by Crippen LogP contribution is -2.30. The topological polar surface area (TPSA) is 78.9 Å². The highest BCUT2D eigenvalue weighted by Crippen LogP contribution is 2.13. The van der Waals surface area contributed by atoms with Crippen LogP contribution in [0.4, 0.5) is 0 Å². The Morgan fingerprint density at radius 2 is 0.745 bits per heavy atom. The molecule has 0 N–H and O–H groups in total. The van der Waals surface area contributed by atoms with Gasteiger partial charge in [-0.2, -0.15) is 0 Å². The molecule has 1 unspecified atom stereocenters. The fourth-order valence-corrected chi connectivity index (χ4v) is 6.10. The summed E-state index contributed by atoms with van der Waals surface area (Å²) < 4.78 is 16.6. The number of allylic oxidation sites excluding steroid dienone is 10. The Balaban J connectivity index is 4.48. The van der Waals surface area contributed by atoms with Gasteiger partial charge in [-0.15, -0.1) is 0 Å². The Morgan fingerprint density at radius 1 is 0.382 bits per heavy atom. The number of carbonyl (C=O) groups excluding carboxylic acids is 3. The predicted molar refractivity (Wildman–Crippen MR) is 233 cm³/mol. The van der Waals surface area contributed by atoms with Crippen molar-refractivity contribution in [2.24, 2.45) is 0 Å². The predicted octanol–water partition coefficient (Wildman–Crippen LogP) is 14.5. The van der Waals surface area contributed by atoms with E-state index in [-0.39, 0.29) is 31.6 Å². The summed E-state index contributed by atoms with van der Waals surface area (Å²) in [5.41, 5.74) is 0. The van der Waals surface area contributed by atoms with Gasteiger partial charge in [0.05, 0.1) is 0 Å². The number of ether oxygens (including phenoxy) is 3. The summed E-state index contributed by atoms with van der Waals surface area (Å²) in [6, 6.07) is 0. The molecule has 0 saturated heterocycles. The van der Waals surface area contributed by atoms with Crippen LogP contribution in [-0.4, -0.2) is 37.2 Å². The van der Waals surface area contributed by atoms with Crippen molar-refractivity contribution in [3.05, 3.63) is 60.8 Å². The zero-order valence-electron chi connectivity index (χ0n) is 35.9. The summed E-state index contributed by atoms with van der Waals surface area (Å²) in [7, 11) is 0. The van der Waals surface area contributed by atoms with Crippen molar-refractivity contribution in [2.45, 2.75) is 219 Å². The summed E-state index contributed by atoms with van der Waals surface area (Å²) in [6.45, 7) is 6.41. The van der Waals surface area contributed by atoms with Gasteiger partial charge in [0.2, 0.25) is 0 Å². The second kappa shape index (κ2) is 43.8. The van der Waals surface area contributed by atoms with Crippen LogP contribution in [0.2, 0.25) is 0 Å². The number of rotatable bonds is 40. The van der Waals surface area contributed by atoms with Gasteiger partial charge in [0.25, 0.3) is 0 Å². The summed E-state index contributed by atoms with van der Waals surface area (Å²) in [5, 5.41) is 0. The highest BCUT2D eigenvalue weighted by molar-refractivity contribution is 5.71. The molecule has 0 aliphatic heterocycles. The second-order valence-electron chi connectivity index (χ2n) is 14.9. The van der Waals surface area contributed by atoms with Gasteiger partial charge in [-0.3, -0.25) is 14.4 Å². The minimum atomic E-state index is -0.810. The molecule has 6 nitrogen and oxygen atoms in total. The Labute approximate surface area is 339 Å². The molecule has 0 aromatic heterocycles. The summed E-state index contributed by atoms with van der Waals surface area (Å²) >= 11 is 0. The van der Waals surface area contributed by atoms with E-state index >= 15 is 0 Å². The van der Waals surface area contributed by atoms with Crippen LogP contribution in [-0.2, 0) is 28.6 Å². The van der Waals surface area contributed by atoms with Gasteiger partial charge < -0.3 is 14.2 Å². The lowest BCUT2D eigenvalue weighted by Gasteiger charge is -2.18. The van der Waals surface area contributed by atoms with Crippen LogP contribution in [0.3, 0.4) is 0 Å². The first-order valence-corrected chi connectivity index (χ1v) is 22.8. The van der Waals surface area contributed by atoms with Crippen molar-refractivity contribution in [3.63, 3.8) is 0 Å². The number of hydrogen-bond acceptors (Lipinski definition) is 6. The van der Waals surface area contributed by atoms with Gasteiger partial charge in [-0.1, -0.05) is 184 Å². The van der Waals surface area contributed by atoms with E-state index < -0.39 is 12.1 Å². The molecule has 316 valence electrons. The molecule has 0 rings (SSSR count). The largest absolute Gasteiger partial charge is 0.462 e. The minimum absolute atomic E-state index is 0.104. The van der Waals surface area contributed by atoms with Crippen molar-refractivity contribution in [1.29, 1.82) is 0 Å². The van der Waals surface area contributed by atoms with E-state index in [1.165, 1.54) is 96.3 Å². The van der Waals surface area contributed by atoms with Gasteiger partial charge in [0, 0.05) is 19.3 Å². The fraction of sp³-hybridized carbons (Fsp3) is 0.735. The van der Waals surface area contributed by atoms with Crippen molar-refractivity contribution in [1.82, 2.24) is 0 Å². The average molecular weight is 769 g/mol. The monoisotopic (exact) mass is 769 g/mol. The molecule has 0 aliphatic rings. The molecule has 0 amide bonds. The number of carbonyl (C=O) groups is 3. The molecule has 0 fully saturated rings. The molecule has 0 aromatic rings. The zero-order valence-corrected chi connectivity index (χ0v) is 35.9. The third-order valence-electron chi connectivity index (χ3n) is 9.52. The van der Waals surface area contributed by atoms with E-state index in [1.54, 1.807) is 0 Å². The van der Waals surface area contributed by atoms with E-state index in [0.717, 1.165) is 70.6 Å². The van der Waals surface area contributed by atoms with Gasteiger partial charge in [-0.25, -0.2) is 0 Å². The Hall–Kier alpha value is -2.89.